The van der Waals surface area contributed by atoms with Crippen molar-refractivity contribution in [1.82, 2.24) is 9.97 Å². The van der Waals surface area contributed by atoms with Crippen molar-refractivity contribution < 1.29 is 0 Å². The molecule has 0 bridgehead atoms. The molecule has 0 amide bonds. The van der Waals surface area contributed by atoms with Crippen LogP contribution in [0.15, 0.2) is 36.4 Å². The van der Waals surface area contributed by atoms with Crippen LogP contribution < -0.4 is 5.44 Å². The predicted molar refractivity (Wildman–Crippen MR) is 71.1 cm³/mol. The van der Waals surface area contributed by atoms with Crippen LogP contribution in [-0.2, 0) is 0 Å². The lowest BCUT2D eigenvalue weighted by molar-refractivity contribution is 1.26. The molecule has 0 radical (unpaired) electrons. The maximum Gasteiger partial charge on any atom is 0.0972 e. The van der Waals surface area contributed by atoms with Crippen molar-refractivity contribution in [2.24, 2.45) is 0 Å². The van der Waals surface area contributed by atoms with Crippen LogP contribution in [0.2, 0.25) is 0 Å². The highest BCUT2D eigenvalue weighted by Crippen LogP contribution is 2.21. The van der Waals surface area contributed by atoms with E-state index in [0.29, 0.717) is 0 Å². The first kappa shape index (κ1) is 9.68. The van der Waals surface area contributed by atoms with Gasteiger partial charge in [-0.3, -0.25) is 4.98 Å². The molecule has 16 heavy (non-hydrogen) atoms. The molecule has 2 heterocycles. The van der Waals surface area contributed by atoms with Crippen LogP contribution in [0.1, 0.15) is 5.69 Å². The van der Waals surface area contributed by atoms with Gasteiger partial charge in [0.25, 0.3) is 0 Å². The van der Waals surface area contributed by atoms with Crippen LogP contribution >= 0.6 is 9.24 Å². The van der Waals surface area contributed by atoms with E-state index >= 15 is 0 Å². The van der Waals surface area contributed by atoms with Gasteiger partial charge in [0, 0.05) is 16.5 Å². The Morgan fingerprint density at radius 3 is 2.12 bits per heavy atom. The minimum atomic E-state index is 0.948. The van der Waals surface area contributed by atoms with Crippen LogP contribution in [0.3, 0.4) is 0 Å². The summed E-state index contributed by atoms with van der Waals surface area (Å²) in [5, 5.41) is 2.28. The summed E-state index contributed by atoms with van der Waals surface area (Å²) < 4.78 is 0. The van der Waals surface area contributed by atoms with E-state index in [0.717, 1.165) is 32.9 Å². The summed E-state index contributed by atoms with van der Waals surface area (Å²) in [6.07, 6.45) is 0. The topological polar surface area (TPSA) is 25.8 Å². The van der Waals surface area contributed by atoms with Crippen LogP contribution in [0.4, 0.5) is 0 Å². The van der Waals surface area contributed by atoms with E-state index in [1.807, 2.05) is 19.1 Å². The van der Waals surface area contributed by atoms with E-state index < -0.39 is 0 Å². The van der Waals surface area contributed by atoms with Gasteiger partial charge in [0.2, 0.25) is 0 Å². The highest BCUT2D eigenvalue weighted by molar-refractivity contribution is 7.26. The third-order valence-electron chi connectivity index (χ3n) is 2.68. The monoisotopic (exact) mass is 226 g/mol. The van der Waals surface area contributed by atoms with E-state index in [1.54, 1.807) is 0 Å². The molecule has 0 aliphatic rings. The van der Waals surface area contributed by atoms with Gasteiger partial charge in [-0.25, -0.2) is 4.98 Å². The molecule has 0 aliphatic heterocycles. The summed E-state index contributed by atoms with van der Waals surface area (Å²) in [5.74, 6) is 0. The van der Waals surface area contributed by atoms with Crippen LogP contribution in [0.25, 0.3) is 21.8 Å². The number of pyridine rings is 2. The highest BCUT2D eigenvalue weighted by Gasteiger charge is 2.03. The fraction of sp³-hybridized carbons (Fsp3) is 0.0769. The summed E-state index contributed by atoms with van der Waals surface area (Å²) in [5.41, 5.74) is 3.94. The van der Waals surface area contributed by atoms with Gasteiger partial charge in [-0.15, -0.1) is 0 Å². The lowest BCUT2D eigenvalue weighted by atomic mass is 10.1. The maximum atomic E-state index is 4.57. The molecule has 1 unspecified atom stereocenters. The Hall–Kier alpha value is -1.53. The number of nitrogens with zero attached hydrogens (tertiary/aromatic N) is 2. The van der Waals surface area contributed by atoms with Crippen LogP contribution in [-0.4, -0.2) is 9.97 Å². The normalized spacial score (nSPS) is 11.1. The van der Waals surface area contributed by atoms with E-state index in [9.17, 15) is 0 Å². The molecule has 1 atom stereocenters. The number of benzene rings is 1. The van der Waals surface area contributed by atoms with Gasteiger partial charge in [0.05, 0.1) is 16.5 Å². The number of hydrogen-bond donors (Lipinski definition) is 0. The third-order valence-corrected chi connectivity index (χ3v) is 3.00. The van der Waals surface area contributed by atoms with Crippen molar-refractivity contribution in [3.8, 4) is 0 Å². The molecule has 3 aromatic rings. The minimum Gasteiger partial charge on any atom is -0.251 e. The predicted octanol–water partition coefficient (Wildman–Crippen LogP) is 2.59. The number of aromatic nitrogens is 2. The molecule has 3 heteroatoms. The van der Waals surface area contributed by atoms with Gasteiger partial charge < -0.3 is 0 Å². The Kier molecular flexibility index (Phi) is 2.12. The SMILES string of the molecule is Cc1ccc2ccc3ccc(P)nc3c2n1. The van der Waals surface area contributed by atoms with Gasteiger partial charge in [0.1, 0.15) is 0 Å². The lowest BCUT2D eigenvalue weighted by Crippen LogP contribution is -1.97. The van der Waals surface area contributed by atoms with Crippen molar-refractivity contribution in [2.75, 3.05) is 0 Å². The van der Waals surface area contributed by atoms with Crippen molar-refractivity contribution in [1.29, 1.82) is 0 Å². The van der Waals surface area contributed by atoms with E-state index in [4.69, 9.17) is 0 Å². The Labute approximate surface area is 95.9 Å². The summed E-state index contributed by atoms with van der Waals surface area (Å²) in [6, 6.07) is 12.4. The van der Waals surface area contributed by atoms with Gasteiger partial charge in [-0.2, -0.15) is 0 Å². The Morgan fingerprint density at radius 2 is 1.38 bits per heavy atom. The lowest BCUT2D eigenvalue weighted by Gasteiger charge is -2.04. The van der Waals surface area contributed by atoms with Gasteiger partial charge in [-0.1, -0.05) is 33.5 Å². The first-order valence-corrected chi connectivity index (χ1v) is 5.74. The largest absolute Gasteiger partial charge is 0.251 e. The quantitative estimate of drug-likeness (QED) is 0.435. The average Bonchev–Trinajstić information content (AvgIpc) is 2.29. The van der Waals surface area contributed by atoms with Gasteiger partial charge in [0.15, 0.2) is 0 Å². The Morgan fingerprint density at radius 1 is 0.812 bits per heavy atom. The molecule has 0 fully saturated rings. The summed E-state index contributed by atoms with van der Waals surface area (Å²) in [4.78, 5) is 9.12. The first-order chi connectivity index (χ1) is 7.74. The first-order valence-electron chi connectivity index (χ1n) is 5.17. The average molecular weight is 226 g/mol. The molecule has 0 N–H and O–H groups in total. The molecule has 2 nitrogen and oxygen atoms in total. The fourth-order valence-electron chi connectivity index (χ4n) is 1.88. The highest BCUT2D eigenvalue weighted by atomic mass is 31.0. The smallest absolute Gasteiger partial charge is 0.0972 e. The van der Waals surface area contributed by atoms with E-state index in [2.05, 4.69) is 43.5 Å². The molecular formula is C13H11N2P. The molecule has 0 spiro atoms. The van der Waals surface area contributed by atoms with Crippen molar-refractivity contribution in [2.45, 2.75) is 6.92 Å². The number of aryl methyl sites for hydroxylation is 1. The Bertz CT molecular complexity index is 631. The van der Waals surface area contributed by atoms with E-state index in [-0.39, 0.29) is 0 Å². The zero-order valence-corrected chi connectivity index (χ0v) is 10.1. The van der Waals surface area contributed by atoms with E-state index in [1.165, 1.54) is 0 Å². The molecule has 3 rings (SSSR count). The van der Waals surface area contributed by atoms with Gasteiger partial charge >= 0.3 is 0 Å². The number of fused-ring (bicyclic) bond motifs is 3. The van der Waals surface area contributed by atoms with Crippen LogP contribution in [0.5, 0.6) is 0 Å². The second-order valence-electron chi connectivity index (χ2n) is 3.90. The van der Waals surface area contributed by atoms with Crippen LogP contribution in [0, 0.1) is 6.92 Å². The fourth-order valence-corrected chi connectivity index (χ4v) is 2.11. The molecule has 78 valence electrons. The zero-order chi connectivity index (χ0) is 11.1. The molecule has 2 aromatic heterocycles. The van der Waals surface area contributed by atoms with Crippen molar-refractivity contribution >= 4 is 36.5 Å². The number of hydrogen-bond acceptors (Lipinski definition) is 2. The van der Waals surface area contributed by atoms with Crippen molar-refractivity contribution in [3.05, 3.63) is 42.1 Å². The maximum absolute atomic E-state index is 4.57. The zero-order valence-electron chi connectivity index (χ0n) is 8.94. The Balaban J connectivity index is 2.55. The molecule has 0 saturated carbocycles. The molecule has 0 saturated heterocycles. The second-order valence-corrected chi connectivity index (χ2v) is 4.49. The van der Waals surface area contributed by atoms with Crippen molar-refractivity contribution in [3.63, 3.8) is 0 Å². The summed E-state index contributed by atoms with van der Waals surface area (Å²) >= 11 is 0. The molecule has 0 aliphatic carbocycles. The van der Waals surface area contributed by atoms with Gasteiger partial charge in [-0.05, 0) is 19.1 Å². The standard InChI is InChI=1S/C13H11N2P/c1-8-2-3-9-4-5-10-6-7-11(16)15-13(10)12(9)14-8/h2-7H,16H2,1H3. The minimum absolute atomic E-state index is 0.948. The summed E-state index contributed by atoms with van der Waals surface area (Å²) in [7, 11) is 2.63. The summed E-state index contributed by atoms with van der Waals surface area (Å²) in [6.45, 7) is 2.00. The third kappa shape index (κ3) is 1.46. The second kappa shape index (κ2) is 3.50. The molecule has 1 aromatic carbocycles. The number of rotatable bonds is 0. The molecular weight excluding hydrogens is 215 g/mol.